The zero-order chi connectivity index (χ0) is 11.7. The van der Waals surface area contributed by atoms with Gasteiger partial charge in [0.15, 0.2) is 6.17 Å². The normalized spacial score (nSPS) is 14.7. The molecule has 0 saturated carbocycles. The van der Waals surface area contributed by atoms with Gasteiger partial charge in [-0.1, -0.05) is 22.4 Å². The van der Waals surface area contributed by atoms with Gasteiger partial charge in [0.1, 0.15) is 0 Å². The largest absolute Gasteiger partial charge is 0.464 e. The molecule has 0 aromatic heterocycles. The quantitative estimate of drug-likeness (QED) is 0.422. The van der Waals surface area contributed by atoms with Crippen LogP contribution in [0.4, 0.5) is 4.39 Å². The Morgan fingerprint density at radius 2 is 2.20 bits per heavy atom. The summed E-state index contributed by atoms with van der Waals surface area (Å²) in [6.45, 7) is 2.00. The molecular weight excluding hydrogens is 267 g/mol. The first-order valence-electron chi connectivity index (χ1n) is 5.17. The fourth-order valence-electron chi connectivity index (χ4n) is 1.15. The molecule has 0 aliphatic heterocycles. The minimum atomic E-state index is -1.55. The highest BCUT2D eigenvalue weighted by atomic mass is 79.9. The zero-order valence-corrected chi connectivity index (χ0v) is 10.5. The molecule has 0 spiro atoms. The first-order chi connectivity index (χ1) is 7.11. The molecule has 90 valence electrons. The van der Waals surface area contributed by atoms with Crippen molar-refractivity contribution in [2.75, 3.05) is 13.2 Å². The average molecular weight is 285 g/mol. The molecule has 0 aromatic carbocycles. The number of unbranched alkanes of at least 4 members (excludes halogenated alkanes) is 1. The van der Waals surface area contributed by atoms with Crippen LogP contribution >= 0.6 is 15.9 Å². The lowest BCUT2D eigenvalue weighted by Gasteiger charge is -2.12. The molecule has 0 heterocycles. The number of hydrogen-bond donors (Lipinski definition) is 1. The zero-order valence-electron chi connectivity index (χ0n) is 8.92. The van der Waals surface area contributed by atoms with E-state index in [1.165, 1.54) is 0 Å². The lowest BCUT2D eigenvalue weighted by Crippen LogP contribution is -2.22. The second kappa shape index (κ2) is 9.09. The number of aliphatic hydroxyl groups is 1. The van der Waals surface area contributed by atoms with Crippen molar-refractivity contribution in [3.63, 3.8) is 0 Å². The summed E-state index contributed by atoms with van der Waals surface area (Å²) in [4.78, 5) is 10.9. The van der Waals surface area contributed by atoms with Crippen LogP contribution < -0.4 is 0 Å². The van der Waals surface area contributed by atoms with Gasteiger partial charge >= 0.3 is 5.97 Å². The molecule has 1 N–H and O–H groups in total. The summed E-state index contributed by atoms with van der Waals surface area (Å²) < 4.78 is 17.7. The number of carbonyl (C=O) groups excluding carboxylic acids is 1. The summed E-state index contributed by atoms with van der Waals surface area (Å²) in [7, 11) is 0. The van der Waals surface area contributed by atoms with Crippen LogP contribution in [0.3, 0.4) is 0 Å². The predicted octanol–water partition coefficient (Wildman–Crippen LogP) is 2.20. The molecule has 15 heavy (non-hydrogen) atoms. The van der Waals surface area contributed by atoms with E-state index in [0.717, 1.165) is 12.8 Å². The minimum absolute atomic E-state index is 0.0385. The first kappa shape index (κ1) is 14.8. The monoisotopic (exact) mass is 284 g/mol. The molecule has 0 saturated heterocycles. The highest BCUT2D eigenvalue weighted by Gasteiger charge is 2.21. The Morgan fingerprint density at radius 3 is 2.73 bits per heavy atom. The fraction of sp³-hybridized carbons (Fsp3) is 0.900. The summed E-state index contributed by atoms with van der Waals surface area (Å²) in [5.41, 5.74) is 0. The molecule has 2 unspecified atom stereocenters. The third-order valence-corrected chi connectivity index (χ3v) is 2.76. The van der Waals surface area contributed by atoms with Gasteiger partial charge in [-0.2, -0.15) is 0 Å². The van der Waals surface area contributed by atoms with E-state index < -0.39 is 12.1 Å². The van der Waals surface area contributed by atoms with Crippen molar-refractivity contribution < 1.29 is 19.0 Å². The van der Waals surface area contributed by atoms with Crippen molar-refractivity contribution >= 4 is 21.9 Å². The third-order valence-electron chi connectivity index (χ3n) is 1.93. The number of aliphatic hydroxyl groups excluding tert-OH is 1. The molecule has 0 aliphatic carbocycles. The molecule has 0 radical (unpaired) electrons. The fourth-order valence-corrected chi connectivity index (χ4v) is 1.80. The Bertz CT molecular complexity index is 178. The maximum absolute atomic E-state index is 13.2. The number of hydrogen-bond acceptors (Lipinski definition) is 3. The van der Waals surface area contributed by atoms with Crippen LogP contribution in [0.5, 0.6) is 0 Å². The predicted molar refractivity (Wildman–Crippen MR) is 59.8 cm³/mol. The van der Waals surface area contributed by atoms with E-state index in [2.05, 4.69) is 20.7 Å². The summed E-state index contributed by atoms with van der Waals surface area (Å²) in [5.74, 6) is -0.788. The number of ether oxygens (including phenoxy) is 1. The molecule has 0 amide bonds. The van der Waals surface area contributed by atoms with Gasteiger partial charge in [-0.25, -0.2) is 9.18 Å². The van der Waals surface area contributed by atoms with E-state index >= 15 is 0 Å². The molecule has 0 fully saturated rings. The SMILES string of the molecule is CCOC(=O)C(F)CC(Br)CCCCO. The molecular formula is C10H18BrFO3. The molecule has 0 aromatic rings. The van der Waals surface area contributed by atoms with Gasteiger partial charge < -0.3 is 9.84 Å². The van der Waals surface area contributed by atoms with Crippen LogP contribution in [-0.4, -0.2) is 35.3 Å². The van der Waals surface area contributed by atoms with Crippen molar-refractivity contribution in [2.24, 2.45) is 0 Å². The number of rotatable bonds is 8. The third kappa shape index (κ3) is 7.73. The van der Waals surface area contributed by atoms with Crippen LogP contribution in [0.15, 0.2) is 0 Å². The van der Waals surface area contributed by atoms with Gasteiger partial charge in [-0.15, -0.1) is 0 Å². The van der Waals surface area contributed by atoms with Crippen LogP contribution in [-0.2, 0) is 9.53 Å². The van der Waals surface area contributed by atoms with Crippen LogP contribution in [0.25, 0.3) is 0 Å². The molecule has 0 bridgehead atoms. The van der Waals surface area contributed by atoms with Crippen LogP contribution in [0.1, 0.15) is 32.6 Å². The van der Waals surface area contributed by atoms with Crippen molar-refractivity contribution in [3.8, 4) is 0 Å². The maximum atomic E-state index is 13.2. The average Bonchev–Trinajstić information content (AvgIpc) is 2.18. The lowest BCUT2D eigenvalue weighted by atomic mass is 10.1. The lowest BCUT2D eigenvalue weighted by molar-refractivity contribution is -0.149. The summed E-state index contributed by atoms with van der Waals surface area (Å²) >= 11 is 3.30. The van der Waals surface area contributed by atoms with Crippen molar-refractivity contribution in [2.45, 2.75) is 43.6 Å². The second-order valence-corrected chi connectivity index (χ2v) is 4.57. The van der Waals surface area contributed by atoms with Crippen LogP contribution in [0, 0.1) is 0 Å². The van der Waals surface area contributed by atoms with Gasteiger partial charge in [0.05, 0.1) is 6.61 Å². The van der Waals surface area contributed by atoms with E-state index in [0.29, 0.717) is 6.42 Å². The van der Waals surface area contributed by atoms with Gasteiger partial charge in [0, 0.05) is 17.9 Å². The van der Waals surface area contributed by atoms with Crippen molar-refractivity contribution in [1.82, 2.24) is 0 Å². The number of halogens is 2. The highest BCUT2D eigenvalue weighted by Crippen LogP contribution is 2.18. The Hall–Kier alpha value is -0.160. The molecule has 2 atom stereocenters. The smallest absolute Gasteiger partial charge is 0.340 e. The molecule has 0 rings (SSSR count). The summed E-state index contributed by atoms with van der Waals surface area (Å²) in [6, 6.07) is 0. The minimum Gasteiger partial charge on any atom is -0.464 e. The Morgan fingerprint density at radius 1 is 1.53 bits per heavy atom. The van der Waals surface area contributed by atoms with Crippen LogP contribution in [0.2, 0.25) is 0 Å². The van der Waals surface area contributed by atoms with E-state index in [1.807, 2.05) is 0 Å². The number of alkyl halides is 2. The topological polar surface area (TPSA) is 46.5 Å². The van der Waals surface area contributed by atoms with E-state index in [-0.39, 0.29) is 24.5 Å². The Kier molecular flexibility index (Phi) is 9.00. The maximum Gasteiger partial charge on any atom is 0.340 e. The molecule has 0 aliphatic rings. The number of carbonyl (C=O) groups is 1. The van der Waals surface area contributed by atoms with Gasteiger partial charge in [-0.3, -0.25) is 0 Å². The van der Waals surface area contributed by atoms with Gasteiger partial charge in [0.2, 0.25) is 0 Å². The Labute approximate surface area is 98.1 Å². The Balaban J connectivity index is 3.65. The van der Waals surface area contributed by atoms with E-state index in [9.17, 15) is 9.18 Å². The standard InChI is InChI=1S/C10H18BrFO3/c1-2-15-10(14)9(12)7-8(11)5-3-4-6-13/h8-9,13H,2-7H2,1H3. The van der Waals surface area contributed by atoms with Crippen molar-refractivity contribution in [1.29, 1.82) is 0 Å². The van der Waals surface area contributed by atoms with E-state index in [1.54, 1.807) is 6.92 Å². The summed E-state index contributed by atoms with van der Waals surface area (Å²) in [6.07, 6.45) is 0.855. The second-order valence-electron chi connectivity index (χ2n) is 3.27. The molecule has 5 heteroatoms. The van der Waals surface area contributed by atoms with Gasteiger partial charge in [0.25, 0.3) is 0 Å². The first-order valence-corrected chi connectivity index (χ1v) is 6.09. The molecule has 3 nitrogen and oxygen atoms in total. The number of esters is 1. The van der Waals surface area contributed by atoms with Gasteiger partial charge in [-0.05, 0) is 19.8 Å². The highest BCUT2D eigenvalue weighted by molar-refractivity contribution is 9.09. The summed E-state index contributed by atoms with van der Waals surface area (Å²) in [5, 5.41) is 8.56. The van der Waals surface area contributed by atoms with Crippen molar-refractivity contribution in [3.05, 3.63) is 0 Å². The van der Waals surface area contributed by atoms with E-state index in [4.69, 9.17) is 5.11 Å².